The molecule has 0 saturated carbocycles. The number of aliphatic carboxylic acids is 1. The SMILES string of the molecule is CC(C)C(C(=O)O)N1C(=O)NC2(CCNCC2)C1=O. The standard InChI is InChI=1S/C12H19N3O4/c1-7(2)8(9(16)17)15-10(18)12(14-11(15)19)3-5-13-6-4-12/h7-8,13H,3-6H2,1-2H3,(H,14,19)(H,16,17). The zero-order valence-corrected chi connectivity index (χ0v) is 11.1. The molecule has 2 aliphatic rings. The maximum atomic E-state index is 12.5. The van der Waals surface area contributed by atoms with Gasteiger partial charge in [0, 0.05) is 0 Å². The van der Waals surface area contributed by atoms with Gasteiger partial charge in [0.25, 0.3) is 5.91 Å². The number of rotatable bonds is 3. The Morgan fingerprint density at radius 3 is 2.37 bits per heavy atom. The van der Waals surface area contributed by atoms with Crippen molar-refractivity contribution in [3.63, 3.8) is 0 Å². The van der Waals surface area contributed by atoms with E-state index in [2.05, 4.69) is 10.6 Å². The van der Waals surface area contributed by atoms with Crippen LogP contribution in [0.15, 0.2) is 0 Å². The van der Waals surface area contributed by atoms with Crippen molar-refractivity contribution < 1.29 is 19.5 Å². The van der Waals surface area contributed by atoms with Gasteiger partial charge in [-0.3, -0.25) is 4.79 Å². The molecule has 7 nitrogen and oxygen atoms in total. The van der Waals surface area contributed by atoms with Gasteiger partial charge in [0.05, 0.1) is 0 Å². The Hall–Kier alpha value is -1.63. The number of nitrogens with zero attached hydrogens (tertiary/aromatic N) is 1. The van der Waals surface area contributed by atoms with Crippen LogP contribution in [0.3, 0.4) is 0 Å². The zero-order chi connectivity index (χ0) is 14.2. The number of urea groups is 1. The van der Waals surface area contributed by atoms with E-state index in [0.717, 1.165) is 4.90 Å². The largest absolute Gasteiger partial charge is 0.480 e. The van der Waals surface area contributed by atoms with Crippen molar-refractivity contribution >= 4 is 17.9 Å². The Morgan fingerprint density at radius 2 is 1.89 bits per heavy atom. The summed E-state index contributed by atoms with van der Waals surface area (Å²) in [5, 5.41) is 15.1. The molecule has 2 saturated heterocycles. The molecule has 1 unspecified atom stereocenters. The number of hydrogen-bond donors (Lipinski definition) is 3. The minimum Gasteiger partial charge on any atom is -0.480 e. The number of nitrogens with one attached hydrogen (secondary N) is 2. The van der Waals surface area contributed by atoms with Crippen molar-refractivity contribution in [2.24, 2.45) is 5.92 Å². The Labute approximate surface area is 111 Å². The van der Waals surface area contributed by atoms with Crippen molar-refractivity contribution in [2.75, 3.05) is 13.1 Å². The molecule has 2 fully saturated rings. The lowest BCUT2D eigenvalue weighted by Crippen LogP contribution is -2.55. The van der Waals surface area contributed by atoms with E-state index in [-0.39, 0.29) is 5.92 Å². The van der Waals surface area contributed by atoms with E-state index in [1.165, 1.54) is 0 Å². The lowest BCUT2D eigenvalue weighted by molar-refractivity contribution is -0.149. The number of carboxylic acids is 1. The van der Waals surface area contributed by atoms with Crippen molar-refractivity contribution in [3.05, 3.63) is 0 Å². The van der Waals surface area contributed by atoms with E-state index in [1.807, 2.05) is 0 Å². The highest BCUT2D eigenvalue weighted by atomic mass is 16.4. The lowest BCUT2D eigenvalue weighted by atomic mass is 9.88. The Bertz CT molecular complexity index is 415. The van der Waals surface area contributed by atoms with Gasteiger partial charge in [-0.05, 0) is 31.8 Å². The van der Waals surface area contributed by atoms with Crippen LogP contribution < -0.4 is 10.6 Å². The van der Waals surface area contributed by atoms with Gasteiger partial charge in [-0.1, -0.05) is 13.8 Å². The van der Waals surface area contributed by atoms with Crippen LogP contribution in [0.4, 0.5) is 4.79 Å². The molecule has 106 valence electrons. The van der Waals surface area contributed by atoms with E-state index >= 15 is 0 Å². The molecule has 1 atom stereocenters. The van der Waals surface area contributed by atoms with Gasteiger partial charge in [-0.2, -0.15) is 0 Å². The highest BCUT2D eigenvalue weighted by molar-refractivity contribution is 6.09. The molecule has 19 heavy (non-hydrogen) atoms. The fraction of sp³-hybridized carbons (Fsp3) is 0.750. The molecule has 7 heteroatoms. The van der Waals surface area contributed by atoms with E-state index in [9.17, 15) is 19.5 Å². The average molecular weight is 269 g/mol. The number of carbonyl (C=O) groups excluding carboxylic acids is 2. The smallest absolute Gasteiger partial charge is 0.327 e. The first-order chi connectivity index (χ1) is 8.89. The highest BCUT2D eigenvalue weighted by Gasteiger charge is 2.55. The first-order valence-electron chi connectivity index (χ1n) is 6.48. The normalized spacial score (nSPS) is 23.8. The summed E-state index contributed by atoms with van der Waals surface area (Å²) in [7, 11) is 0. The topological polar surface area (TPSA) is 98.7 Å². The molecule has 3 amide bonds. The molecular formula is C12H19N3O4. The maximum absolute atomic E-state index is 12.5. The lowest BCUT2D eigenvalue weighted by Gasteiger charge is -2.32. The maximum Gasteiger partial charge on any atom is 0.327 e. The number of hydrogen-bond acceptors (Lipinski definition) is 4. The quantitative estimate of drug-likeness (QED) is 0.615. The molecule has 0 aliphatic carbocycles. The number of carbonyl (C=O) groups is 3. The summed E-state index contributed by atoms with van der Waals surface area (Å²) in [4.78, 5) is 36.7. The second-order valence-corrected chi connectivity index (χ2v) is 5.46. The van der Waals surface area contributed by atoms with Gasteiger partial charge in [-0.25, -0.2) is 14.5 Å². The van der Waals surface area contributed by atoms with E-state index in [1.54, 1.807) is 13.8 Å². The Balaban J connectivity index is 2.29. The molecule has 3 N–H and O–H groups in total. The van der Waals surface area contributed by atoms with Gasteiger partial charge in [0.2, 0.25) is 0 Å². The first kappa shape index (κ1) is 13.8. The second kappa shape index (κ2) is 4.80. The van der Waals surface area contributed by atoms with Crippen LogP contribution in [0.2, 0.25) is 0 Å². The fourth-order valence-electron chi connectivity index (χ4n) is 2.78. The minimum absolute atomic E-state index is 0.330. The van der Waals surface area contributed by atoms with Crippen LogP contribution in [0, 0.1) is 5.92 Å². The van der Waals surface area contributed by atoms with Gasteiger partial charge in [0.1, 0.15) is 11.6 Å². The number of imide groups is 1. The van der Waals surface area contributed by atoms with Crippen LogP contribution >= 0.6 is 0 Å². The molecule has 0 aromatic heterocycles. The van der Waals surface area contributed by atoms with Crippen LogP contribution in [-0.2, 0) is 9.59 Å². The third-order valence-electron chi connectivity index (χ3n) is 3.81. The van der Waals surface area contributed by atoms with Crippen molar-refractivity contribution in [1.29, 1.82) is 0 Å². The van der Waals surface area contributed by atoms with Gasteiger partial charge in [-0.15, -0.1) is 0 Å². The molecule has 1 spiro atoms. The molecule has 0 bridgehead atoms. The summed E-state index contributed by atoms with van der Waals surface area (Å²) in [6.07, 6.45) is 0.997. The molecule has 0 radical (unpaired) electrons. The van der Waals surface area contributed by atoms with Gasteiger partial charge in [0.15, 0.2) is 0 Å². The summed E-state index contributed by atoms with van der Waals surface area (Å²) in [5.74, 6) is -1.88. The predicted molar refractivity (Wildman–Crippen MR) is 66.5 cm³/mol. The highest BCUT2D eigenvalue weighted by Crippen LogP contribution is 2.29. The third-order valence-corrected chi connectivity index (χ3v) is 3.81. The van der Waals surface area contributed by atoms with Crippen LogP contribution in [0.25, 0.3) is 0 Å². The first-order valence-corrected chi connectivity index (χ1v) is 6.48. The fourth-order valence-corrected chi connectivity index (χ4v) is 2.78. The zero-order valence-electron chi connectivity index (χ0n) is 11.1. The van der Waals surface area contributed by atoms with Crippen LogP contribution in [-0.4, -0.2) is 52.6 Å². The van der Waals surface area contributed by atoms with E-state index in [0.29, 0.717) is 25.9 Å². The monoisotopic (exact) mass is 269 g/mol. The Morgan fingerprint density at radius 1 is 1.32 bits per heavy atom. The van der Waals surface area contributed by atoms with Crippen molar-refractivity contribution in [2.45, 2.75) is 38.3 Å². The summed E-state index contributed by atoms with van der Waals surface area (Å²) in [6.45, 7) is 4.65. The Kier molecular flexibility index (Phi) is 3.49. The van der Waals surface area contributed by atoms with Crippen molar-refractivity contribution in [1.82, 2.24) is 15.5 Å². The van der Waals surface area contributed by atoms with E-state index < -0.39 is 29.5 Å². The van der Waals surface area contributed by atoms with Crippen LogP contribution in [0.5, 0.6) is 0 Å². The summed E-state index contributed by atoms with van der Waals surface area (Å²) >= 11 is 0. The molecule has 0 aromatic rings. The molecule has 0 aromatic carbocycles. The van der Waals surface area contributed by atoms with Gasteiger partial charge >= 0.3 is 12.0 Å². The molecule has 2 aliphatic heterocycles. The van der Waals surface area contributed by atoms with Gasteiger partial charge < -0.3 is 15.7 Å². The third kappa shape index (κ3) is 2.18. The molecule has 2 heterocycles. The summed E-state index contributed by atoms with van der Waals surface area (Å²) in [5.41, 5.74) is -0.912. The minimum atomic E-state index is -1.15. The van der Waals surface area contributed by atoms with Crippen LogP contribution in [0.1, 0.15) is 26.7 Å². The predicted octanol–water partition coefficient (Wildman–Crippen LogP) is -0.230. The average Bonchev–Trinajstić information content (AvgIpc) is 2.54. The summed E-state index contributed by atoms with van der Waals surface area (Å²) in [6, 6.07) is -1.70. The second-order valence-electron chi connectivity index (χ2n) is 5.46. The molecule has 2 rings (SSSR count). The molecular weight excluding hydrogens is 250 g/mol. The van der Waals surface area contributed by atoms with Crippen molar-refractivity contribution in [3.8, 4) is 0 Å². The van der Waals surface area contributed by atoms with E-state index in [4.69, 9.17) is 0 Å². The number of piperidine rings is 1. The number of amides is 3. The number of carboxylic acid groups (broad SMARTS) is 1. The summed E-state index contributed by atoms with van der Waals surface area (Å²) < 4.78 is 0.